The van der Waals surface area contributed by atoms with E-state index in [-0.39, 0.29) is 12.4 Å². The molecule has 0 amide bonds. The molecule has 2 aliphatic heterocycles. The average molecular weight is 643 g/mol. The van der Waals surface area contributed by atoms with E-state index in [4.69, 9.17) is 23.7 Å². The Morgan fingerprint density at radius 3 is 2.29 bits per heavy atom. The highest BCUT2D eigenvalue weighted by molar-refractivity contribution is 5.87. The summed E-state index contributed by atoms with van der Waals surface area (Å²) in [6.07, 6.45) is -10.6. The number of aliphatic hydroxyl groups excluding tert-OH is 6. The highest BCUT2D eigenvalue weighted by Gasteiger charge is 2.52. The van der Waals surface area contributed by atoms with Crippen molar-refractivity contribution < 1.29 is 69.3 Å². The van der Waals surface area contributed by atoms with Gasteiger partial charge in [-0.15, -0.1) is 0 Å². The zero-order chi connectivity index (χ0) is 33.5. The highest BCUT2D eigenvalue weighted by atomic mass is 16.7. The molecule has 1 aromatic rings. The van der Waals surface area contributed by atoms with E-state index in [2.05, 4.69) is 0 Å². The van der Waals surface area contributed by atoms with E-state index < -0.39 is 85.7 Å². The second-order valence-corrected chi connectivity index (χ2v) is 11.9. The van der Waals surface area contributed by atoms with E-state index in [1.165, 1.54) is 39.0 Å². The summed E-state index contributed by atoms with van der Waals surface area (Å²) in [5.74, 6) is -0.851. The van der Waals surface area contributed by atoms with Crippen molar-refractivity contribution in [2.24, 2.45) is 0 Å². The van der Waals surface area contributed by atoms with Crippen LogP contribution >= 0.6 is 0 Å². The predicted molar refractivity (Wildman–Crippen MR) is 157 cm³/mol. The van der Waals surface area contributed by atoms with Gasteiger partial charge in [0.25, 0.3) is 0 Å². The molecule has 2 aliphatic rings. The molecule has 0 saturated carbocycles. The van der Waals surface area contributed by atoms with Gasteiger partial charge < -0.3 is 64.5 Å². The number of aromatic hydroxyl groups is 1. The quantitative estimate of drug-likeness (QED) is 0.0771. The summed E-state index contributed by atoms with van der Waals surface area (Å²) in [4.78, 5) is 12.8. The fourth-order valence-electron chi connectivity index (χ4n) is 4.79. The number of esters is 1. The number of phenolic OH excluding ortho intramolecular Hbond substituents is 1. The number of phenols is 1. The van der Waals surface area contributed by atoms with Crippen molar-refractivity contribution in [1.82, 2.24) is 0 Å². The number of hydrogen-bond acceptors (Lipinski definition) is 14. The monoisotopic (exact) mass is 642 g/mol. The molecule has 2 fully saturated rings. The van der Waals surface area contributed by atoms with Crippen LogP contribution in [0, 0.1) is 0 Å². The number of rotatable bonds is 13. The first-order chi connectivity index (χ1) is 21.1. The lowest BCUT2D eigenvalue weighted by Gasteiger charge is -2.46. The molecule has 0 spiro atoms. The Hall–Kier alpha value is -2.47. The fraction of sp³-hybridized carbons (Fsp3) is 0.645. The third kappa shape index (κ3) is 10.3. The highest BCUT2D eigenvalue weighted by Crippen LogP contribution is 2.31. The van der Waals surface area contributed by atoms with Crippen LogP contribution in [-0.4, -0.2) is 133 Å². The molecule has 14 nitrogen and oxygen atoms in total. The third-order valence-electron chi connectivity index (χ3n) is 7.77. The number of carbonyl (C=O) groups excluding carboxylic acids is 1. The molecule has 0 radical (unpaired) electrons. The molecular formula is C31H46O14. The topological polar surface area (TPSA) is 225 Å². The van der Waals surface area contributed by atoms with Crippen LogP contribution in [0.5, 0.6) is 5.75 Å². The number of allylic oxidation sites excluding steroid dienone is 1. The maximum absolute atomic E-state index is 12.8. The van der Waals surface area contributed by atoms with Crippen molar-refractivity contribution >= 4 is 12.0 Å². The number of carbonyl (C=O) groups is 1. The molecule has 11 atom stereocenters. The SMILES string of the molecule is CC(=CCOC1OC(CO)C(OC(=O)C=Cc2ccc(O)cc2)C(OC2OC(C)C(O)C(O)C2O)C1O)CCC(O)C(C)(C)O. The zero-order valence-corrected chi connectivity index (χ0v) is 25.7. The minimum absolute atomic E-state index is 0.0416. The second-order valence-electron chi connectivity index (χ2n) is 11.9. The Labute approximate surface area is 261 Å². The van der Waals surface area contributed by atoms with E-state index in [0.29, 0.717) is 18.4 Å². The predicted octanol–water partition coefficient (Wildman–Crippen LogP) is -0.517. The minimum Gasteiger partial charge on any atom is -0.508 e. The molecule has 254 valence electrons. The molecule has 0 aromatic heterocycles. The Kier molecular flexibility index (Phi) is 13.5. The van der Waals surface area contributed by atoms with Gasteiger partial charge in [-0.3, -0.25) is 0 Å². The van der Waals surface area contributed by atoms with Crippen LogP contribution in [0.25, 0.3) is 6.08 Å². The summed E-state index contributed by atoms with van der Waals surface area (Å²) in [7, 11) is 0. The van der Waals surface area contributed by atoms with Gasteiger partial charge in [-0.1, -0.05) is 23.8 Å². The lowest BCUT2D eigenvalue weighted by atomic mass is 9.96. The second kappa shape index (κ2) is 16.4. The van der Waals surface area contributed by atoms with Gasteiger partial charge in [0.15, 0.2) is 18.7 Å². The molecule has 0 aliphatic carbocycles. The number of hydrogen-bond donors (Lipinski definition) is 8. The normalized spacial score (nSPS) is 33.7. The molecule has 14 heteroatoms. The van der Waals surface area contributed by atoms with E-state index >= 15 is 0 Å². The van der Waals surface area contributed by atoms with Crippen LogP contribution in [0.4, 0.5) is 0 Å². The summed E-state index contributed by atoms with van der Waals surface area (Å²) in [5, 5.41) is 81.7. The smallest absolute Gasteiger partial charge is 0.331 e. The Bertz CT molecular complexity index is 1130. The van der Waals surface area contributed by atoms with Crippen LogP contribution in [0.3, 0.4) is 0 Å². The zero-order valence-electron chi connectivity index (χ0n) is 25.7. The first-order valence-electron chi connectivity index (χ1n) is 14.8. The van der Waals surface area contributed by atoms with Crippen LogP contribution in [-0.2, 0) is 28.5 Å². The van der Waals surface area contributed by atoms with E-state index in [0.717, 1.165) is 11.6 Å². The van der Waals surface area contributed by atoms with Gasteiger partial charge in [0.1, 0.15) is 42.4 Å². The fourth-order valence-corrected chi connectivity index (χ4v) is 4.79. The van der Waals surface area contributed by atoms with Gasteiger partial charge in [0.05, 0.1) is 31.0 Å². The largest absolute Gasteiger partial charge is 0.508 e. The lowest BCUT2D eigenvalue weighted by Crippen LogP contribution is -2.65. The summed E-state index contributed by atoms with van der Waals surface area (Å²) >= 11 is 0. The van der Waals surface area contributed by atoms with Gasteiger partial charge in [0.2, 0.25) is 0 Å². The third-order valence-corrected chi connectivity index (χ3v) is 7.77. The number of benzene rings is 1. The Morgan fingerprint density at radius 2 is 1.67 bits per heavy atom. The molecule has 3 rings (SSSR count). The Balaban J connectivity index is 1.77. The van der Waals surface area contributed by atoms with Crippen molar-refractivity contribution in [2.45, 2.75) is 114 Å². The molecule has 2 heterocycles. The number of ether oxygens (including phenoxy) is 5. The molecule has 2 saturated heterocycles. The average Bonchev–Trinajstić information content (AvgIpc) is 2.99. The van der Waals surface area contributed by atoms with E-state index in [9.17, 15) is 45.6 Å². The first-order valence-corrected chi connectivity index (χ1v) is 14.8. The Morgan fingerprint density at radius 1 is 1.00 bits per heavy atom. The maximum Gasteiger partial charge on any atom is 0.331 e. The number of aliphatic hydroxyl groups is 7. The molecule has 45 heavy (non-hydrogen) atoms. The lowest BCUT2D eigenvalue weighted by molar-refractivity contribution is -0.356. The molecular weight excluding hydrogens is 596 g/mol. The van der Waals surface area contributed by atoms with Crippen LogP contribution < -0.4 is 0 Å². The molecule has 8 N–H and O–H groups in total. The minimum atomic E-state index is -1.74. The molecule has 1 aromatic carbocycles. The van der Waals surface area contributed by atoms with E-state index in [1.54, 1.807) is 25.1 Å². The van der Waals surface area contributed by atoms with Crippen molar-refractivity contribution in [3.8, 4) is 5.75 Å². The molecule has 11 unspecified atom stereocenters. The standard InChI is InChI=1S/C31H46O14/c1-16(5-11-21(34)31(3,4)40)13-14-41-29-26(39)28(45-30-25(38)24(37)23(36)17(2)42-30)27(20(15-32)43-29)44-22(35)12-8-18-6-9-19(33)10-7-18/h6-10,12-13,17,20-21,23-30,32-34,36-40H,5,11,14-15H2,1-4H3. The maximum atomic E-state index is 12.8. The van der Waals surface area contributed by atoms with Crippen LogP contribution in [0.15, 0.2) is 42.0 Å². The van der Waals surface area contributed by atoms with Crippen molar-refractivity contribution in [3.63, 3.8) is 0 Å². The van der Waals surface area contributed by atoms with Gasteiger partial charge in [0, 0.05) is 6.08 Å². The molecule has 0 bridgehead atoms. The van der Waals surface area contributed by atoms with Gasteiger partial charge in [-0.2, -0.15) is 0 Å². The van der Waals surface area contributed by atoms with Crippen LogP contribution in [0.1, 0.15) is 46.1 Å². The van der Waals surface area contributed by atoms with Gasteiger partial charge >= 0.3 is 5.97 Å². The van der Waals surface area contributed by atoms with Crippen molar-refractivity contribution in [1.29, 1.82) is 0 Å². The summed E-state index contributed by atoms with van der Waals surface area (Å²) in [6, 6.07) is 5.98. The summed E-state index contributed by atoms with van der Waals surface area (Å²) in [5.41, 5.74) is 0.138. The first kappa shape index (κ1) is 37.0. The van der Waals surface area contributed by atoms with Crippen molar-refractivity contribution in [3.05, 3.63) is 47.6 Å². The van der Waals surface area contributed by atoms with Crippen molar-refractivity contribution in [2.75, 3.05) is 13.2 Å². The summed E-state index contributed by atoms with van der Waals surface area (Å²) < 4.78 is 28.4. The van der Waals surface area contributed by atoms with Crippen LogP contribution in [0.2, 0.25) is 0 Å². The van der Waals surface area contributed by atoms with Gasteiger partial charge in [-0.25, -0.2) is 4.79 Å². The summed E-state index contributed by atoms with van der Waals surface area (Å²) in [6.45, 7) is 5.50. The van der Waals surface area contributed by atoms with Gasteiger partial charge in [-0.05, 0) is 64.3 Å². The van der Waals surface area contributed by atoms with E-state index in [1.807, 2.05) is 0 Å².